The van der Waals surface area contributed by atoms with Crippen LogP contribution in [0.4, 0.5) is 4.79 Å². The van der Waals surface area contributed by atoms with Crippen molar-refractivity contribution in [3.63, 3.8) is 0 Å². The van der Waals surface area contributed by atoms with E-state index in [2.05, 4.69) is 5.32 Å². The molecule has 1 fully saturated rings. The fraction of sp³-hybridized carbons (Fsp3) is 0.778. The van der Waals surface area contributed by atoms with E-state index >= 15 is 0 Å². The van der Waals surface area contributed by atoms with Crippen LogP contribution in [0, 0.1) is 5.92 Å². The summed E-state index contributed by atoms with van der Waals surface area (Å²) in [6.07, 6.45) is 0.863. The molecule has 0 aromatic rings. The molecule has 0 aromatic carbocycles. The van der Waals surface area contributed by atoms with Crippen molar-refractivity contribution < 1.29 is 9.59 Å². The van der Waals surface area contributed by atoms with E-state index in [-0.39, 0.29) is 11.9 Å². The van der Waals surface area contributed by atoms with Crippen molar-refractivity contribution in [2.75, 3.05) is 13.1 Å². The van der Waals surface area contributed by atoms with E-state index in [9.17, 15) is 9.59 Å². The van der Waals surface area contributed by atoms with Crippen molar-refractivity contribution in [2.45, 2.75) is 26.3 Å². The Morgan fingerprint density at radius 3 is 2.64 bits per heavy atom. The van der Waals surface area contributed by atoms with Crippen molar-refractivity contribution in [1.82, 2.24) is 10.2 Å². The second kappa shape index (κ2) is 4.30. The first-order valence-corrected chi connectivity index (χ1v) is 4.88. The number of nitrogens with two attached hydrogens (primary N) is 1. The Kier molecular flexibility index (Phi) is 3.33. The molecule has 5 nitrogen and oxygen atoms in total. The second-order valence-corrected chi connectivity index (χ2v) is 3.87. The summed E-state index contributed by atoms with van der Waals surface area (Å²) < 4.78 is 0. The maximum atomic E-state index is 11.5. The largest absolute Gasteiger partial charge is 0.368 e. The number of carbonyl (C=O) groups excluding carboxylic acids is 2. The average Bonchev–Trinajstić information content (AvgIpc) is 2.07. The molecular weight excluding hydrogens is 182 g/mol. The van der Waals surface area contributed by atoms with E-state index in [0.29, 0.717) is 13.1 Å². The lowest BCUT2D eigenvalue weighted by atomic mass is 10.0. The molecule has 0 aliphatic carbocycles. The summed E-state index contributed by atoms with van der Waals surface area (Å²) in [5.74, 6) is -0.381. The molecule has 1 rings (SSSR count). The topological polar surface area (TPSA) is 75.4 Å². The standard InChI is InChI=1S/C9H17N3O2/c1-6(2)7(8(10)13)12-5-3-4-11-9(12)14/h6-7H,3-5H2,1-2H3,(H2,10,13)(H,11,14)/t7-/m0/s1. The molecule has 80 valence electrons. The third-order valence-electron chi connectivity index (χ3n) is 2.37. The van der Waals surface area contributed by atoms with Gasteiger partial charge in [-0.25, -0.2) is 4.79 Å². The Morgan fingerprint density at radius 1 is 1.57 bits per heavy atom. The Labute approximate surface area is 83.6 Å². The number of primary amides is 1. The van der Waals surface area contributed by atoms with Crippen molar-refractivity contribution in [3.05, 3.63) is 0 Å². The van der Waals surface area contributed by atoms with Gasteiger partial charge in [-0.15, -0.1) is 0 Å². The zero-order chi connectivity index (χ0) is 10.7. The van der Waals surface area contributed by atoms with Gasteiger partial charge in [0.25, 0.3) is 0 Å². The lowest BCUT2D eigenvalue weighted by Gasteiger charge is -2.35. The highest BCUT2D eigenvalue weighted by atomic mass is 16.2. The van der Waals surface area contributed by atoms with E-state index < -0.39 is 11.9 Å². The van der Waals surface area contributed by atoms with Crippen LogP contribution in [-0.4, -0.2) is 36.0 Å². The fourth-order valence-corrected chi connectivity index (χ4v) is 1.76. The molecule has 0 aromatic heterocycles. The first-order valence-electron chi connectivity index (χ1n) is 4.88. The quantitative estimate of drug-likeness (QED) is 0.666. The van der Waals surface area contributed by atoms with Crippen LogP contribution in [0.15, 0.2) is 0 Å². The summed E-state index contributed by atoms with van der Waals surface area (Å²) in [4.78, 5) is 24.2. The van der Waals surface area contributed by atoms with Crippen LogP contribution in [0.3, 0.4) is 0 Å². The van der Waals surface area contributed by atoms with Crippen LogP contribution in [0.2, 0.25) is 0 Å². The summed E-state index contributed by atoms with van der Waals surface area (Å²) in [7, 11) is 0. The minimum Gasteiger partial charge on any atom is -0.368 e. The smallest absolute Gasteiger partial charge is 0.318 e. The number of hydrogen-bond acceptors (Lipinski definition) is 2. The third kappa shape index (κ3) is 2.16. The zero-order valence-electron chi connectivity index (χ0n) is 8.62. The summed E-state index contributed by atoms with van der Waals surface area (Å²) in [5.41, 5.74) is 5.27. The molecule has 3 N–H and O–H groups in total. The van der Waals surface area contributed by atoms with Gasteiger partial charge in [-0.1, -0.05) is 13.8 Å². The Hall–Kier alpha value is -1.26. The molecule has 1 heterocycles. The molecular formula is C9H17N3O2. The molecule has 0 spiro atoms. The van der Waals surface area contributed by atoms with Gasteiger partial charge < -0.3 is 16.0 Å². The Bertz CT molecular complexity index is 240. The summed E-state index contributed by atoms with van der Waals surface area (Å²) >= 11 is 0. The van der Waals surface area contributed by atoms with Gasteiger partial charge >= 0.3 is 6.03 Å². The number of urea groups is 1. The summed E-state index contributed by atoms with van der Waals surface area (Å²) in [5, 5.41) is 2.70. The number of carbonyl (C=O) groups is 2. The van der Waals surface area contributed by atoms with Gasteiger partial charge in [0, 0.05) is 13.1 Å². The molecule has 0 saturated carbocycles. The maximum Gasteiger partial charge on any atom is 0.318 e. The first kappa shape index (κ1) is 10.8. The molecule has 1 saturated heterocycles. The maximum absolute atomic E-state index is 11.5. The van der Waals surface area contributed by atoms with Crippen molar-refractivity contribution in [2.24, 2.45) is 11.7 Å². The first-order chi connectivity index (χ1) is 6.54. The fourth-order valence-electron chi connectivity index (χ4n) is 1.76. The van der Waals surface area contributed by atoms with E-state index in [1.807, 2.05) is 13.8 Å². The lowest BCUT2D eigenvalue weighted by molar-refractivity contribution is -0.123. The van der Waals surface area contributed by atoms with Crippen molar-refractivity contribution in [3.8, 4) is 0 Å². The lowest BCUT2D eigenvalue weighted by Crippen LogP contribution is -2.57. The number of amides is 3. The van der Waals surface area contributed by atoms with E-state index in [0.717, 1.165) is 6.42 Å². The van der Waals surface area contributed by atoms with E-state index in [1.54, 1.807) is 0 Å². The van der Waals surface area contributed by atoms with Crippen molar-refractivity contribution in [1.29, 1.82) is 0 Å². The summed E-state index contributed by atoms with van der Waals surface area (Å²) in [6.45, 7) is 5.06. The number of hydrogen-bond donors (Lipinski definition) is 2. The van der Waals surface area contributed by atoms with Crippen molar-refractivity contribution >= 4 is 11.9 Å². The minimum atomic E-state index is -0.490. The Balaban J connectivity index is 2.75. The molecule has 1 aliphatic heterocycles. The van der Waals surface area contributed by atoms with Crippen LogP contribution in [0.25, 0.3) is 0 Å². The van der Waals surface area contributed by atoms with Crippen LogP contribution < -0.4 is 11.1 Å². The van der Waals surface area contributed by atoms with Gasteiger partial charge in [0.05, 0.1) is 0 Å². The highest BCUT2D eigenvalue weighted by molar-refractivity contribution is 5.86. The molecule has 3 amide bonds. The highest BCUT2D eigenvalue weighted by Crippen LogP contribution is 2.13. The second-order valence-electron chi connectivity index (χ2n) is 3.87. The van der Waals surface area contributed by atoms with Gasteiger partial charge in [0.1, 0.15) is 6.04 Å². The molecule has 0 unspecified atom stereocenters. The number of nitrogens with zero attached hydrogens (tertiary/aromatic N) is 1. The predicted molar refractivity (Wildman–Crippen MR) is 52.5 cm³/mol. The SMILES string of the molecule is CC(C)[C@@H](C(N)=O)N1CCCNC1=O. The van der Waals surface area contributed by atoms with E-state index in [4.69, 9.17) is 5.73 Å². The van der Waals surface area contributed by atoms with Crippen LogP contribution in [0.1, 0.15) is 20.3 Å². The van der Waals surface area contributed by atoms with Gasteiger partial charge in [-0.2, -0.15) is 0 Å². The predicted octanol–water partition coefficient (Wildman–Crippen LogP) is -0.0884. The molecule has 0 radical (unpaired) electrons. The monoisotopic (exact) mass is 199 g/mol. The Morgan fingerprint density at radius 2 is 2.21 bits per heavy atom. The van der Waals surface area contributed by atoms with Gasteiger partial charge in [0.2, 0.25) is 5.91 Å². The molecule has 5 heteroatoms. The molecule has 1 aliphatic rings. The zero-order valence-corrected chi connectivity index (χ0v) is 8.62. The molecule has 1 atom stereocenters. The van der Waals surface area contributed by atoms with Crippen LogP contribution in [0.5, 0.6) is 0 Å². The molecule has 14 heavy (non-hydrogen) atoms. The van der Waals surface area contributed by atoms with Crippen LogP contribution >= 0.6 is 0 Å². The average molecular weight is 199 g/mol. The van der Waals surface area contributed by atoms with Gasteiger partial charge in [-0.3, -0.25) is 4.79 Å². The number of rotatable bonds is 3. The number of nitrogens with one attached hydrogen (secondary N) is 1. The normalized spacial score (nSPS) is 19.4. The van der Waals surface area contributed by atoms with Gasteiger partial charge in [-0.05, 0) is 12.3 Å². The third-order valence-corrected chi connectivity index (χ3v) is 2.37. The van der Waals surface area contributed by atoms with E-state index in [1.165, 1.54) is 4.90 Å². The molecule has 0 bridgehead atoms. The highest BCUT2D eigenvalue weighted by Gasteiger charge is 2.31. The minimum absolute atomic E-state index is 0.0522. The van der Waals surface area contributed by atoms with Gasteiger partial charge in [0.15, 0.2) is 0 Å². The van der Waals surface area contributed by atoms with Crippen LogP contribution in [-0.2, 0) is 4.79 Å². The summed E-state index contributed by atoms with van der Waals surface area (Å²) in [6, 6.07) is -0.677.